The number of pyridine rings is 1. The van der Waals surface area contributed by atoms with Crippen molar-refractivity contribution < 1.29 is 27.8 Å². The van der Waals surface area contributed by atoms with Gasteiger partial charge in [-0.25, -0.2) is 9.67 Å². The van der Waals surface area contributed by atoms with Crippen LogP contribution in [0.25, 0.3) is 16.7 Å². The van der Waals surface area contributed by atoms with Gasteiger partial charge in [0.05, 0.1) is 18.0 Å². The Morgan fingerprint density at radius 3 is 2.53 bits per heavy atom. The molecule has 1 N–H and O–H groups in total. The SMILES string of the molecule is C/C=C(\C)C(=O)N1CC(c2nn(-c3ccc(OC(F)(F)F)cc3)c3nccc(CO)c23)C1. The Morgan fingerprint density at radius 1 is 1.25 bits per heavy atom. The lowest BCUT2D eigenvalue weighted by Crippen LogP contribution is -2.49. The van der Waals surface area contributed by atoms with Crippen molar-refractivity contribution in [3.05, 3.63) is 59.4 Å². The normalized spacial score (nSPS) is 15.2. The first-order valence-electron chi connectivity index (χ1n) is 9.97. The van der Waals surface area contributed by atoms with Gasteiger partial charge in [0, 0.05) is 36.2 Å². The Bertz CT molecular complexity index is 1180. The zero-order valence-corrected chi connectivity index (χ0v) is 17.4. The third-order valence-corrected chi connectivity index (χ3v) is 5.49. The molecule has 1 amide bonds. The highest BCUT2D eigenvalue weighted by Gasteiger charge is 2.36. The molecule has 3 heterocycles. The predicted octanol–water partition coefficient (Wildman–Crippen LogP) is 3.70. The van der Waals surface area contributed by atoms with Crippen molar-refractivity contribution in [2.45, 2.75) is 32.7 Å². The summed E-state index contributed by atoms with van der Waals surface area (Å²) in [7, 11) is 0. The molecule has 1 saturated heterocycles. The molecule has 0 unspecified atom stereocenters. The Labute approximate surface area is 181 Å². The zero-order chi connectivity index (χ0) is 23.0. The molecule has 0 atom stereocenters. The van der Waals surface area contributed by atoms with Crippen LogP contribution >= 0.6 is 0 Å². The van der Waals surface area contributed by atoms with Gasteiger partial charge >= 0.3 is 6.36 Å². The number of carbonyl (C=O) groups is 1. The molecule has 0 spiro atoms. The van der Waals surface area contributed by atoms with E-state index in [1.54, 1.807) is 30.2 Å². The van der Waals surface area contributed by atoms with Gasteiger partial charge in [-0.05, 0) is 49.7 Å². The third kappa shape index (κ3) is 4.05. The van der Waals surface area contributed by atoms with Gasteiger partial charge in [0.1, 0.15) is 5.75 Å². The number of likely N-dealkylation sites (tertiary alicyclic amines) is 1. The Kier molecular flexibility index (Phi) is 5.64. The number of aliphatic hydroxyl groups excluding tert-OH is 1. The number of aliphatic hydroxyl groups is 1. The molecule has 3 aromatic rings. The van der Waals surface area contributed by atoms with Crippen LogP contribution in [0.15, 0.2) is 48.2 Å². The standard InChI is InChI=1S/C22H21F3N4O3/c1-3-13(2)21(31)28-10-15(11-28)19-18-14(12-30)8-9-26-20(18)29(27-19)16-4-6-17(7-5-16)32-22(23,24)25/h3-9,15,30H,10-12H2,1-2H3/b13-3+. The lowest BCUT2D eigenvalue weighted by Gasteiger charge is -2.38. The van der Waals surface area contributed by atoms with Gasteiger partial charge in [-0.3, -0.25) is 4.79 Å². The second-order valence-electron chi connectivity index (χ2n) is 7.54. The molecule has 32 heavy (non-hydrogen) atoms. The maximum absolute atomic E-state index is 12.5. The number of allylic oxidation sites excluding steroid dienone is 1. The van der Waals surface area contributed by atoms with E-state index in [1.165, 1.54) is 28.9 Å². The van der Waals surface area contributed by atoms with Crippen LogP contribution in [0.3, 0.4) is 0 Å². The Balaban J connectivity index is 1.69. The first kappa shape index (κ1) is 21.8. The van der Waals surface area contributed by atoms with Crippen molar-refractivity contribution in [2.24, 2.45) is 0 Å². The molecule has 1 aliphatic rings. The van der Waals surface area contributed by atoms with Gasteiger partial charge in [-0.15, -0.1) is 13.2 Å². The Morgan fingerprint density at radius 2 is 1.94 bits per heavy atom. The summed E-state index contributed by atoms with van der Waals surface area (Å²) in [5.41, 5.74) is 2.97. The highest BCUT2D eigenvalue weighted by atomic mass is 19.4. The fourth-order valence-electron chi connectivity index (χ4n) is 3.71. The smallest absolute Gasteiger partial charge is 0.406 e. The van der Waals surface area contributed by atoms with E-state index in [-0.39, 0.29) is 24.2 Å². The number of rotatable bonds is 5. The average molecular weight is 446 g/mol. The fraction of sp³-hybridized carbons (Fsp3) is 0.318. The first-order chi connectivity index (χ1) is 15.2. The number of nitrogens with zero attached hydrogens (tertiary/aromatic N) is 4. The third-order valence-electron chi connectivity index (χ3n) is 5.49. The van der Waals surface area contributed by atoms with Crippen LogP contribution in [0, 0.1) is 0 Å². The largest absolute Gasteiger partial charge is 0.573 e. The van der Waals surface area contributed by atoms with E-state index in [9.17, 15) is 23.1 Å². The van der Waals surface area contributed by atoms with E-state index in [2.05, 4.69) is 14.8 Å². The van der Waals surface area contributed by atoms with Gasteiger partial charge in [0.15, 0.2) is 5.65 Å². The summed E-state index contributed by atoms with van der Waals surface area (Å²) in [4.78, 5) is 18.5. The molecule has 0 aliphatic carbocycles. The van der Waals surface area contributed by atoms with Gasteiger partial charge < -0.3 is 14.7 Å². The molecule has 7 nitrogen and oxygen atoms in total. The topological polar surface area (TPSA) is 80.5 Å². The lowest BCUT2D eigenvalue weighted by molar-refractivity contribution is -0.274. The maximum Gasteiger partial charge on any atom is 0.573 e. The number of hydrogen-bond acceptors (Lipinski definition) is 5. The van der Waals surface area contributed by atoms with Crippen molar-refractivity contribution in [1.82, 2.24) is 19.7 Å². The summed E-state index contributed by atoms with van der Waals surface area (Å²) in [5.74, 6) is -0.419. The van der Waals surface area contributed by atoms with Gasteiger partial charge in [-0.2, -0.15) is 5.10 Å². The van der Waals surface area contributed by atoms with Crippen LogP contribution in [-0.2, 0) is 11.4 Å². The number of fused-ring (bicyclic) bond motifs is 1. The summed E-state index contributed by atoms with van der Waals surface area (Å²) < 4.78 is 42.8. The van der Waals surface area contributed by atoms with Gasteiger partial charge in [0.2, 0.25) is 5.91 Å². The number of ether oxygens (including phenoxy) is 1. The van der Waals surface area contributed by atoms with Crippen LogP contribution < -0.4 is 4.74 Å². The monoisotopic (exact) mass is 446 g/mol. The number of hydrogen-bond donors (Lipinski definition) is 1. The number of aromatic nitrogens is 3. The molecular formula is C22H21F3N4O3. The summed E-state index contributed by atoms with van der Waals surface area (Å²) in [6, 6.07) is 7.02. The molecule has 0 radical (unpaired) electrons. The van der Waals surface area contributed by atoms with Crippen molar-refractivity contribution in [1.29, 1.82) is 0 Å². The minimum Gasteiger partial charge on any atom is -0.406 e. The van der Waals surface area contributed by atoms with E-state index in [1.807, 2.05) is 6.92 Å². The minimum atomic E-state index is -4.77. The summed E-state index contributed by atoms with van der Waals surface area (Å²) >= 11 is 0. The summed E-state index contributed by atoms with van der Waals surface area (Å²) in [5, 5.41) is 15.2. The number of benzene rings is 1. The number of amides is 1. The number of alkyl halides is 3. The number of halogens is 3. The number of carbonyl (C=O) groups excluding carboxylic acids is 1. The Hall–Kier alpha value is -3.40. The lowest BCUT2D eigenvalue weighted by atomic mass is 9.92. The second-order valence-corrected chi connectivity index (χ2v) is 7.54. The first-order valence-corrected chi connectivity index (χ1v) is 9.97. The van der Waals surface area contributed by atoms with Crippen molar-refractivity contribution in [3.63, 3.8) is 0 Å². The minimum absolute atomic E-state index is 0.0340. The molecule has 0 saturated carbocycles. The van der Waals surface area contributed by atoms with E-state index >= 15 is 0 Å². The molecule has 2 aromatic heterocycles. The highest BCUT2D eigenvalue weighted by Crippen LogP contribution is 2.35. The summed E-state index contributed by atoms with van der Waals surface area (Å²) in [6.07, 6.45) is -1.47. The van der Waals surface area contributed by atoms with Gasteiger partial charge in [-0.1, -0.05) is 6.08 Å². The van der Waals surface area contributed by atoms with Crippen LogP contribution in [0.5, 0.6) is 5.75 Å². The fourth-order valence-corrected chi connectivity index (χ4v) is 3.71. The van der Waals surface area contributed by atoms with Crippen LogP contribution in [0.4, 0.5) is 13.2 Å². The predicted molar refractivity (Wildman–Crippen MR) is 110 cm³/mol. The molecule has 1 aromatic carbocycles. The average Bonchev–Trinajstić information content (AvgIpc) is 3.11. The van der Waals surface area contributed by atoms with E-state index in [0.717, 1.165) is 0 Å². The van der Waals surface area contributed by atoms with E-state index < -0.39 is 6.36 Å². The molecule has 10 heteroatoms. The molecule has 0 bridgehead atoms. The van der Waals surface area contributed by atoms with Crippen molar-refractivity contribution >= 4 is 16.9 Å². The summed E-state index contributed by atoms with van der Waals surface area (Å²) in [6.45, 7) is 4.31. The van der Waals surface area contributed by atoms with E-state index in [4.69, 9.17) is 0 Å². The van der Waals surface area contributed by atoms with Crippen molar-refractivity contribution in [3.8, 4) is 11.4 Å². The highest BCUT2D eigenvalue weighted by molar-refractivity contribution is 5.93. The molecule has 4 rings (SSSR count). The maximum atomic E-state index is 12.5. The molecule has 168 valence electrons. The molecule has 1 aliphatic heterocycles. The molecular weight excluding hydrogens is 425 g/mol. The molecule has 1 fully saturated rings. The quantitative estimate of drug-likeness (QED) is 0.605. The van der Waals surface area contributed by atoms with Crippen LogP contribution in [0.1, 0.15) is 31.0 Å². The zero-order valence-electron chi connectivity index (χ0n) is 17.4. The second kappa shape index (κ2) is 8.27. The van der Waals surface area contributed by atoms with Gasteiger partial charge in [0.25, 0.3) is 0 Å². The van der Waals surface area contributed by atoms with Crippen molar-refractivity contribution in [2.75, 3.05) is 13.1 Å². The van der Waals surface area contributed by atoms with E-state index in [0.29, 0.717) is 46.6 Å². The van der Waals surface area contributed by atoms with Crippen LogP contribution in [0.2, 0.25) is 0 Å². The van der Waals surface area contributed by atoms with Crippen LogP contribution in [-0.4, -0.2) is 50.1 Å².